The van der Waals surface area contributed by atoms with Crippen molar-refractivity contribution in [2.45, 2.75) is 19.9 Å². The Balaban J connectivity index is 1.70. The van der Waals surface area contributed by atoms with Gasteiger partial charge in [0, 0.05) is 25.4 Å². The molecule has 1 aromatic carbocycles. The Morgan fingerprint density at radius 2 is 1.91 bits per heavy atom. The number of anilines is 2. The summed E-state index contributed by atoms with van der Waals surface area (Å²) in [5, 5.41) is 5.54. The first-order valence-corrected chi connectivity index (χ1v) is 10.8. The van der Waals surface area contributed by atoms with Crippen LogP contribution >= 0.6 is 0 Å². The molecule has 0 saturated heterocycles. The molecule has 4 rings (SSSR count). The van der Waals surface area contributed by atoms with Crippen LogP contribution in [-0.4, -0.2) is 33.4 Å². The van der Waals surface area contributed by atoms with Crippen LogP contribution in [0.5, 0.6) is 0 Å². The molecule has 34 heavy (non-hydrogen) atoms. The van der Waals surface area contributed by atoms with E-state index in [2.05, 4.69) is 15.6 Å². The van der Waals surface area contributed by atoms with Gasteiger partial charge in [0.15, 0.2) is 0 Å². The average molecular weight is 457 g/mol. The second-order valence-corrected chi connectivity index (χ2v) is 7.62. The first kappa shape index (κ1) is 22.7. The molecule has 0 aliphatic rings. The Morgan fingerprint density at radius 3 is 2.62 bits per heavy atom. The average Bonchev–Trinajstić information content (AvgIpc) is 2.84. The zero-order chi connectivity index (χ0) is 24.2. The van der Waals surface area contributed by atoms with Gasteiger partial charge in [-0.25, -0.2) is 9.97 Å². The number of fused-ring (bicyclic) bond motifs is 1. The minimum atomic E-state index is -0.535. The number of amides is 2. The fraction of sp³-hybridized carbons (Fsp3) is 0.160. The number of rotatable bonds is 6. The number of carbonyl (C=O) groups excluding carboxylic acids is 2. The fourth-order valence-electron chi connectivity index (χ4n) is 3.81. The SMILES string of the molecule is CCn1c(N)c(C(=O)NC)c(=O)c2ccc(-c3cccc(CC(=O)Nc4ccccn4)c3)nc21. The fourth-order valence-corrected chi connectivity index (χ4v) is 3.81. The third kappa shape index (κ3) is 4.36. The smallest absolute Gasteiger partial charge is 0.258 e. The van der Waals surface area contributed by atoms with Gasteiger partial charge in [-0.3, -0.25) is 14.4 Å². The Bertz CT molecular complexity index is 1450. The highest BCUT2D eigenvalue weighted by molar-refractivity contribution is 6.01. The number of aryl methyl sites for hydroxylation is 1. The van der Waals surface area contributed by atoms with Gasteiger partial charge in [0.2, 0.25) is 11.3 Å². The minimum absolute atomic E-state index is 0.0731. The molecule has 0 atom stereocenters. The quantitative estimate of drug-likeness (QED) is 0.409. The predicted octanol–water partition coefficient (Wildman–Crippen LogP) is 2.60. The summed E-state index contributed by atoms with van der Waals surface area (Å²) in [5.41, 5.74) is 8.23. The Labute approximate surface area is 195 Å². The van der Waals surface area contributed by atoms with E-state index in [0.717, 1.165) is 11.1 Å². The first-order chi connectivity index (χ1) is 16.4. The summed E-state index contributed by atoms with van der Waals surface area (Å²) in [7, 11) is 1.45. The number of pyridine rings is 3. The number of hydrogen-bond donors (Lipinski definition) is 3. The van der Waals surface area contributed by atoms with E-state index in [-0.39, 0.29) is 23.7 Å². The summed E-state index contributed by atoms with van der Waals surface area (Å²) < 4.78 is 1.65. The molecular formula is C25H24N6O3. The lowest BCUT2D eigenvalue weighted by molar-refractivity contribution is -0.115. The molecule has 0 bridgehead atoms. The van der Waals surface area contributed by atoms with Crippen LogP contribution in [-0.2, 0) is 17.8 Å². The molecule has 4 aromatic rings. The topological polar surface area (TPSA) is 132 Å². The minimum Gasteiger partial charge on any atom is -0.384 e. The number of aromatic nitrogens is 3. The van der Waals surface area contributed by atoms with E-state index in [0.29, 0.717) is 29.1 Å². The number of hydrogen-bond acceptors (Lipinski definition) is 6. The van der Waals surface area contributed by atoms with Crippen LogP contribution in [0.15, 0.2) is 65.6 Å². The molecule has 4 N–H and O–H groups in total. The van der Waals surface area contributed by atoms with Gasteiger partial charge in [-0.2, -0.15) is 0 Å². The van der Waals surface area contributed by atoms with Gasteiger partial charge in [0.25, 0.3) is 5.91 Å². The van der Waals surface area contributed by atoms with Crippen LogP contribution in [0.2, 0.25) is 0 Å². The third-order valence-electron chi connectivity index (χ3n) is 5.44. The largest absolute Gasteiger partial charge is 0.384 e. The lowest BCUT2D eigenvalue weighted by Gasteiger charge is -2.15. The van der Waals surface area contributed by atoms with Crippen LogP contribution in [0.3, 0.4) is 0 Å². The molecule has 172 valence electrons. The van der Waals surface area contributed by atoms with Crippen molar-refractivity contribution in [1.29, 1.82) is 0 Å². The zero-order valence-corrected chi connectivity index (χ0v) is 18.8. The molecule has 9 nitrogen and oxygen atoms in total. The third-order valence-corrected chi connectivity index (χ3v) is 5.44. The molecule has 0 saturated carbocycles. The van der Waals surface area contributed by atoms with E-state index in [4.69, 9.17) is 10.7 Å². The summed E-state index contributed by atoms with van der Waals surface area (Å²) in [6.45, 7) is 2.29. The maximum absolute atomic E-state index is 12.9. The van der Waals surface area contributed by atoms with Gasteiger partial charge in [-0.05, 0) is 42.8 Å². The van der Waals surface area contributed by atoms with E-state index in [1.807, 2.05) is 31.2 Å². The van der Waals surface area contributed by atoms with E-state index in [1.165, 1.54) is 7.05 Å². The Morgan fingerprint density at radius 1 is 1.09 bits per heavy atom. The summed E-state index contributed by atoms with van der Waals surface area (Å²) in [4.78, 5) is 46.4. The van der Waals surface area contributed by atoms with Gasteiger partial charge in [0.1, 0.15) is 22.8 Å². The van der Waals surface area contributed by atoms with Crippen molar-refractivity contribution < 1.29 is 9.59 Å². The van der Waals surface area contributed by atoms with Crippen LogP contribution in [0.25, 0.3) is 22.3 Å². The molecule has 9 heteroatoms. The van der Waals surface area contributed by atoms with Crippen molar-refractivity contribution in [3.63, 3.8) is 0 Å². The van der Waals surface area contributed by atoms with Crippen LogP contribution < -0.4 is 21.8 Å². The molecule has 0 aliphatic carbocycles. The van der Waals surface area contributed by atoms with Gasteiger partial charge in [0.05, 0.1) is 17.5 Å². The summed E-state index contributed by atoms with van der Waals surface area (Å²) in [6.07, 6.45) is 1.78. The normalized spacial score (nSPS) is 10.8. The zero-order valence-electron chi connectivity index (χ0n) is 18.8. The van der Waals surface area contributed by atoms with E-state index < -0.39 is 11.3 Å². The number of nitrogen functional groups attached to an aromatic ring is 1. The van der Waals surface area contributed by atoms with Crippen molar-refractivity contribution >= 4 is 34.5 Å². The van der Waals surface area contributed by atoms with Crippen LogP contribution in [0, 0.1) is 0 Å². The second kappa shape index (κ2) is 9.53. The van der Waals surface area contributed by atoms with Crippen molar-refractivity contribution in [2.24, 2.45) is 0 Å². The molecule has 0 radical (unpaired) electrons. The molecule has 0 fully saturated rings. The van der Waals surface area contributed by atoms with Crippen molar-refractivity contribution in [2.75, 3.05) is 18.1 Å². The maximum atomic E-state index is 12.9. The molecular weight excluding hydrogens is 432 g/mol. The molecule has 0 spiro atoms. The molecule has 0 unspecified atom stereocenters. The molecule has 3 aromatic heterocycles. The van der Waals surface area contributed by atoms with E-state index in [9.17, 15) is 14.4 Å². The highest BCUT2D eigenvalue weighted by Gasteiger charge is 2.20. The van der Waals surface area contributed by atoms with Crippen LogP contribution in [0.4, 0.5) is 11.6 Å². The van der Waals surface area contributed by atoms with Gasteiger partial charge < -0.3 is 20.9 Å². The highest BCUT2D eigenvalue weighted by Crippen LogP contribution is 2.24. The Hall–Kier alpha value is -4.53. The summed E-state index contributed by atoms with van der Waals surface area (Å²) >= 11 is 0. The Kier molecular flexibility index (Phi) is 6.35. The van der Waals surface area contributed by atoms with E-state index in [1.54, 1.807) is 41.1 Å². The number of carbonyl (C=O) groups is 2. The van der Waals surface area contributed by atoms with Crippen molar-refractivity contribution in [1.82, 2.24) is 19.9 Å². The standard InChI is InChI=1S/C25H24N6O3/c1-3-31-23(26)21(25(34)27-2)22(33)17-10-11-18(29-24(17)31)16-8-6-7-15(13-16)14-20(32)30-19-9-4-5-12-28-19/h4-13H,3,14,26H2,1-2H3,(H,27,34)(H,28,30,32). The van der Waals surface area contributed by atoms with Gasteiger partial charge in [-0.15, -0.1) is 0 Å². The predicted molar refractivity (Wildman–Crippen MR) is 131 cm³/mol. The molecule has 3 heterocycles. The maximum Gasteiger partial charge on any atom is 0.258 e. The number of nitrogens with two attached hydrogens (primary N) is 1. The monoisotopic (exact) mass is 456 g/mol. The van der Waals surface area contributed by atoms with Crippen molar-refractivity contribution in [3.05, 3.63) is 82.1 Å². The highest BCUT2D eigenvalue weighted by atomic mass is 16.2. The van der Waals surface area contributed by atoms with E-state index >= 15 is 0 Å². The summed E-state index contributed by atoms with van der Waals surface area (Å²) in [5.74, 6) is -0.154. The van der Waals surface area contributed by atoms with Crippen molar-refractivity contribution in [3.8, 4) is 11.3 Å². The number of nitrogens with one attached hydrogen (secondary N) is 2. The lowest BCUT2D eigenvalue weighted by atomic mass is 10.0. The molecule has 0 aliphatic heterocycles. The van der Waals surface area contributed by atoms with Gasteiger partial charge >= 0.3 is 0 Å². The summed E-state index contributed by atoms with van der Waals surface area (Å²) in [6, 6.07) is 16.1. The lowest BCUT2D eigenvalue weighted by Crippen LogP contribution is -2.30. The number of nitrogens with zero attached hydrogens (tertiary/aromatic N) is 3. The molecule has 2 amide bonds. The number of benzene rings is 1. The second-order valence-electron chi connectivity index (χ2n) is 7.62. The van der Waals surface area contributed by atoms with Gasteiger partial charge in [-0.1, -0.05) is 24.3 Å². The van der Waals surface area contributed by atoms with Crippen LogP contribution in [0.1, 0.15) is 22.8 Å². The first-order valence-electron chi connectivity index (χ1n) is 10.8.